The fraction of sp³-hybridized carbons (Fsp3) is 0.933. The number of aliphatic hydroxyl groups excluding tert-OH is 1. The minimum absolute atomic E-state index is 0. The number of ether oxygens (including phenoxy) is 1. The van der Waals surface area contributed by atoms with Gasteiger partial charge >= 0.3 is 35.7 Å². The van der Waals surface area contributed by atoms with Crippen molar-refractivity contribution in [2.75, 3.05) is 19.8 Å². The van der Waals surface area contributed by atoms with Crippen molar-refractivity contribution in [2.24, 2.45) is 5.92 Å². The average Bonchev–Trinajstić information content (AvgIpc) is 2.38. The molecule has 5 heteroatoms. The monoisotopic (exact) mass is 297 g/mol. The number of alkyl carbamates (subject to hydrolysis) is 1. The predicted molar refractivity (Wildman–Crippen MR) is 79.3 cm³/mol. The number of nitrogens with one attached hydrogen (secondary N) is 1. The van der Waals surface area contributed by atoms with Gasteiger partial charge in [-0.3, -0.25) is 0 Å². The van der Waals surface area contributed by atoms with Crippen LogP contribution in [-0.4, -0.2) is 31.0 Å². The molecule has 0 spiro atoms. The van der Waals surface area contributed by atoms with Gasteiger partial charge < -0.3 is 16.6 Å². The van der Waals surface area contributed by atoms with Crippen molar-refractivity contribution in [3.05, 3.63) is 0 Å². The zero-order valence-corrected chi connectivity index (χ0v) is 15.6. The van der Waals surface area contributed by atoms with Gasteiger partial charge in [0, 0.05) is 6.54 Å². The molecule has 0 rings (SSSR count). The van der Waals surface area contributed by atoms with Gasteiger partial charge in [0.15, 0.2) is 0 Å². The zero-order valence-electron chi connectivity index (χ0n) is 14.6. The van der Waals surface area contributed by atoms with Gasteiger partial charge in [0.1, 0.15) is 6.61 Å². The summed E-state index contributed by atoms with van der Waals surface area (Å²) in [4.78, 5) is 11.0. The Labute approximate surface area is 147 Å². The quantitative estimate of drug-likeness (QED) is 0.410. The van der Waals surface area contributed by atoms with E-state index in [0.717, 1.165) is 18.8 Å². The number of aliphatic hydroxyl groups is 1. The van der Waals surface area contributed by atoms with Gasteiger partial charge in [0.05, 0.1) is 6.61 Å². The second-order valence-corrected chi connectivity index (χ2v) is 5.44. The third kappa shape index (κ3) is 18.2. The maximum absolute atomic E-state index is 11.0. The van der Waals surface area contributed by atoms with Gasteiger partial charge in [0.2, 0.25) is 0 Å². The van der Waals surface area contributed by atoms with Crippen LogP contribution in [0.2, 0.25) is 0 Å². The summed E-state index contributed by atoms with van der Waals surface area (Å²) in [6, 6.07) is 0. The molecular weight excluding hydrogens is 265 g/mol. The molecule has 20 heavy (non-hydrogen) atoms. The number of carbonyl (C=O) groups is 1. The van der Waals surface area contributed by atoms with E-state index >= 15 is 0 Å². The molecule has 0 aliphatic heterocycles. The van der Waals surface area contributed by atoms with Gasteiger partial charge in [0.25, 0.3) is 0 Å². The van der Waals surface area contributed by atoms with Crippen molar-refractivity contribution in [1.29, 1.82) is 0 Å². The molecule has 0 unspecified atom stereocenters. The van der Waals surface area contributed by atoms with Crippen LogP contribution >= 0.6 is 0 Å². The normalized spacial score (nSPS) is 10.2. The van der Waals surface area contributed by atoms with Gasteiger partial charge in [-0.2, -0.15) is 0 Å². The molecule has 0 heterocycles. The van der Waals surface area contributed by atoms with Crippen LogP contribution in [0.25, 0.3) is 0 Å². The van der Waals surface area contributed by atoms with Crippen LogP contribution in [0.4, 0.5) is 4.79 Å². The van der Waals surface area contributed by atoms with E-state index in [1.54, 1.807) is 0 Å². The Morgan fingerprint density at radius 2 is 1.65 bits per heavy atom. The molecule has 0 aliphatic rings. The van der Waals surface area contributed by atoms with Gasteiger partial charge in [-0.05, 0) is 12.3 Å². The van der Waals surface area contributed by atoms with Crippen LogP contribution < -0.4 is 34.9 Å². The minimum Gasteiger partial charge on any atom is -1.00 e. The summed E-state index contributed by atoms with van der Waals surface area (Å²) in [6.45, 7) is 5.17. The van der Waals surface area contributed by atoms with Gasteiger partial charge in [-0.25, -0.2) is 4.79 Å². The maximum Gasteiger partial charge on any atom is 1.00 e. The minimum atomic E-state index is -0.428. The fourth-order valence-corrected chi connectivity index (χ4v) is 1.94. The van der Waals surface area contributed by atoms with Crippen LogP contribution in [0.15, 0.2) is 0 Å². The van der Waals surface area contributed by atoms with Crippen molar-refractivity contribution in [2.45, 2.75) is 65.2 Å². The van der Waals surface area contributed by atoms with Crippen LogP contribution in [-0.2, 0) is 4.74 Å². The standard InChI is InChI=1S/C15H31NO3.Na.H/c1-14(2)10-8-6-4-3-5-7-9-11-16-15(18)19-13-12-17;;/h14,17H,3-13H2,1-2H3,(H,16,18);;/q;+1;-1. The van der Waals surface area contributed by atoms with Crippen LogP contribution in [0.1, 0.15) is 66.6 Å². The largest absolute Gasteiger partial charge is 1.00 e. The summed E-state index contributed by atoms with van der Waals surface area (Å²) >= 11 is 0. The molecule has 0 aromatic rings. The molecule has 0 aromatic heterocycles. The fourth-order valence-electron chi connectivity index (χ4n) is 1.94. The van der Waals surface area contributed by atoms with Gasteiger partial charge in [-0.1, -0.05) is 58.8 Å². The Hall–Kier alpha value is 0.230. The Bertz CT molecular complexity index is 219. The van der Waals surface area contributed by atoms with Gasteiger partial charge in [-0.15, -0.1) is 0 Å². The number of amides is 1. The topological polar surface area (TPSA) is 58.6 Å². The van der Waals surface area contributed by atoms with Crippen LogP contribution in [0.5, 0.6) is 0 Å². The third-order valence-electron chi connectivity index (χ3n) is 3.05. The molecule has 4 nitrogen and oxygen atoms in total. The molecule has 0 atom stereocenters. The first-order valence-electron chi connectivity index (χ1n) is 7.68. The first kappa shape index (κ1) is 22.5. The maximum atomic E-state index is 11.0. The molecule has 116 valence electrons. The second-order valence-electron chi connectivity index (χ2n) is 5.44. The molecule has 0 saturated carbocycles. The van der Waals surface area contributed by atoms with E-state index in [-0.39, 0.29) is 44.2 Å². The summed E-state index contributed by atoms with van der Waals surface area (Å²) in [7, 11) is 0. The van der Waals surface area contributed by atoms with Crippen molar-refractivity contribution < 1.29 is 45.6 Å². The molecule has 0 bridgehead atoms. The summed E-state index contributed by atoms with van der Waals surface area (Å²) in [5, 5.41) is 11.1. The average molecular weight is 297 g/mol. The first-order valence-corrected chi connectivity index (χ1v) is 7.68. The molecule has 0 radical (unpaired) electrons. The van der Waals surface area contributed by atoms with Crippen molar-refractivity contribution >= 4 is 6.09 Å². The van der Waals surface area contributed by atoms with Crippen molar-refractivity contribution in [3.63, 3.8) is 0 Å². The van der Waals surface area contributed by atoms with E-state index in [1.807, 2.05) is 0 Å². The molecule has 1 amide bonds. The zero-order chi connectivity index (χ0) is 14.3. The molecule has 0 aliphatic carbocycles. The van der Waals surface area contributed by atoms with E-state index < -0.39 is 6.09 Å². The number of hydrogen-bond donors (Lipinski definition) is 2. The number of rotatable bonds is 12. The Kier molecular flexibility index (Phi) is 19.5. The number of unbranched alkanes of at least 4 members (excludes halogenated alkanes) is 6. The van der Waals surface area contributed by atoms with E-state index in [0.29, 0.717) is 6.54 Å². The summed E-state index contributed by atoms with van der Waals surface area (Å²) in [6.07, 6.45) is 9.66. The Balaban J connectivity index is -0.00000162. The Morgan fingerprint density at radius 3 is 2.20 bits per heavy atom. The summed E-state index contributed by atoms with van der Waals surface area (Å²) in [5.74, 6) is 0.830. The molecule has 0 fully saturated rings. The van der Waals surface area contributed by atoms with Crippen molar-refractivity contribution in [1.82, 2.24) is 5.32 Å². The predicted octanol–water partition coefficient (Wildman–Crippen LogP) is 0.598. The van der Waals surface area contributed by atoms with E-state index in [1.165, 1.54) is 38.5 Å². The number of hydrogen-bond acceptors (Lipinski definition) is 3. The Morgan fingerprint density at radius 1 is 1.10 bits per heavy atom. The van der Waals surface area contributed by atoms with E-state index in [4.69, 9.17) is 5.11 Å². The second kappa shape index (κ2) is 17.3. The molecule has 0 saturated heterocycles. The van der Waals surface area contributed by atoms with E-state index in [9.17, 15) is 4.79 Å². The summed E-state index contributed by atoms with van der Waals surface area (Å²) < 4.78 is 4.68. The summed E-state index contributed by atoms with van der Waals surface area (Å²) in [5.41, 5.74) is 0. The molecule has 2 N–H and O–H groups in total. The molecule has 0 aromatic carbocycles. The SMILES string of the molecule is CC(C)CCCCCCCCCNC(=O)OCCO.[H-].[Na+]. The van der Waals surface area contributed by atoms with E-state index in [2.05, 4.69) is 23.9 Å². The first-order chi connectivity index (χ1) is 9.16. The van der Waals surface area contributed by atoms with Crippen LogP contribution in [0, 0.1) is 5.92 Å². The molecular formula is C15H32NNaO3. The third-order valence-corrected chi connectivity index (χ3v) is 3.05. The van der Waals surface area contributed by atoms with Crippen molar-refractivity contribution in [3.8, 4) is 0 Å². The van der Waals surface area contributed by atoms with Crippen LogP contribution in [0.3, 0.4) is 0 Å². The smallest absolute Gasteiger partial charge is 1.00 e. The number of carbonyl (C=O) groups excluding carboxylic acids is 1.